The van der Waals surface area contributed by atoms with Crippen molar-refractivity contribution in [2.24, 2.45) is 0 Å². The van der Waals surface area contributed by atoms with E-state index in [9.17, 15) is 14.4 Å². The van der Waals surface area contributed by atoms with Gasteiger partial charge in [-0.15, -0.1) is 11.3 Å². The first-order chi connectivity index (χ1) is 14.6. The Morgan fingerprint density at radius 3 is 2.13 bits per heavy atom. The normalized spacial score (nSPS) is 13.3. The summed E-state index contributed by atoms with van der Waals surface area (Å²) < 4.78 is 1.58. The van der Waals surface area contributed by atoms with Crippen LogP contribution in [0.2, 0.25) is 0 Å². The molecule has 1 saturated heterocycles. The fourth-order valence-corrected chi connectivity index (χ4v) is 4.96. The van der Waals surface area contributed by atoms with Gasteiger partial charge in [-0.3, -0.25) is 19.0 Å². The van der Waals surface area contributed by atoms with Crippen molar-refractivity contribution in [3.8, 4) is 5.69 Å². The van der Waals surface area contributed by atoms with Crippen LogP contribution in [0.4, 0.5) is 0 Å². The molecule has 148 valence electrons. The van der Waals surface area contributed by atoms with Gasteiger partial charge in [-0.2, -0.15) is 0 Å². The predicted octanol–water partition coefficient (Wildman–Crippen LogP) is 4.13. The van der Waals surface area contributed by atoms with E-state index in [2.05, 4.69) is 0 Å². The fraction of sp³-hybridized carbons (Fsp3) is 0.125. The average Bonchev–Trinajstić information content (AvgIpc) is 3.12. The van der Waals surface area contributed by atoms with Gasteiger partial charge in [0.2, 0.25) is 0 Å². The van der Waals surface area contributed by atoms with Crippen LogP contribution in [0.25, 0.3) is 15.9 Å². The van der Waals surface area contributed by atoms with Crippen molar-refractivity contribution < 1.29 is 9.59 Å². The van der Waals surface area contributed by atoms with Crippen LogP contribution in [-0.4, -0.2) is 34.2 Å². The van der Waals surface area contributed by atoms with Crippen molar-refractivity contribution in [1.29, 1.82) is 0 Å². The number of rotatable bonds is 4. The number of carbonyl (C=O) groups is 2. The number of thiophene rings is 1. The van der Waals surface area contributed by atoms with E-state index in [1.165, 1.54) is 17.4 Å². The second kappa shape index (κ2) is 7.39. The Labute approximate surface area is 176 Å². The zero-order valence-electron chi connectivity index (χ0n) is 16.1. The van der Waals surface area contributed by atoms with Gasteiger partial charge in [0.25, 0.3) is 11.5 Å². The minimum absolute atomic E-state index is 0.145. The highest BCUT2D eigenvalue weighted by atomic mass is 32.1. The molecule has 4 aromatic rings. The molecule has 1 aliphatic heterocycles. The lowest BCUT2D eigenvalue weighted by molar-refractivity contribution is 0.0654. The maximum absolute atomic E-state index is 13.5. The number of aromatic nitrogens is 1. The molecule has 5 nitrogen and oxygen atoms in total. The first kappa shape index (κ1) is 18.5. The number of para-hydroxylation sites is 1. The van der Waals surface area contributed by atoms with Crippen molar-refractivity contribution in [3.05, 3.63) is 99.2 Å². The average molecular weight is 414 g/mol. The zero-order valence-corrected chi connectivity index (χ0v) is 16.9. The van der Waals surface area contributed by atoms with Crippen molar-refractivity contribution in [3.63, 3.8) is 0 Å². The molecule has 6 heteroatoms. The summed E-state index contributed by atoms with van der Waals surface area (Å²) in [5.74, 6) is -0.349. The largest absolute Gasteiger partial charge is 0.338 e. The standard InChI is InChI=1S/C24H18N2O3S/c27-19-13-12-18-20(21(28)16-8-3-1-4-9-16)22(23(29)25-14-7-15-25)30-24(18)26(19)17-10-5-2-6-11-17/h1-6,8-13H,7,14-15H2. The Morgan fingerprint density at radius 2 is 1.50 bits per heavy atom. The van der Waals surface area contributed by atoms with Gasteiger partial charge in [0.1, 0.15) is 9.71 Å². The Kier molecular flexibility index (Phi) is 4.56. The molecule has 0 N–H and O–H groups in total. The molecule has 0 aliphatic carbocycles. The van der Waals surface area contributed by atoms with Gasteiger partial charge >= 0.3 is 0 Å². The number of fused-ring (bicyclic) bond motifs is 1. The maximum Gasteiger partial charge on any atom is 0.264 e. The lowest BCUT2D eigenvalue weighted by atomic mass is 10.00. The summed E-state index contributed by atoms with van der Waals surface area (Å²) in [6.45, 7) is 1.38. The van der Waals surface area contributed by atoms with Gasteiger partial charge in [-0.1, -0.05) is 48.5 Å². The number of hydrogen-bond donors (Lipinski definition) is 0. The molecule has 0 bridgehead atoms. The Hall–Kier alpha value is -3.51. The van der Waals surface area contributed by atoms with Crippen LogP contribution < -0.4 is 5.56 Å². The molecule has 0 atom stereocenters. The Bertz CT molecular complexity index is 1320. The minimum Gasteiger partial charge on any atom is -0.338 e. The van der Waals surface area contributed by atoms with Crippen LogP contribution in [-0.2, 0) is 0 Å². The van der Waals surface area contributed by atoms with E-state index >= 15 is 0 Å². The third-order valence-corrected chi connectivity index (χ3v) is 6.54. The number of likely N-dealkylation sites (tertiary alicyclic amines) is 1. The number of carbonyl (C=O) groups excluding carboxylic acids is 2. The van der Waals surface area contributed by atoms with E-state index in [-0.39, 0.29) is 17.2 Å². The topological polar surface area (TPSA) is 59.4 Å². The maximum atomic E-state index is 13.5. The third-order valence-electron chi connectivity index (χ3n) is 5.36. The van der Waals surface area contributed by atoms with E-state index in [4.69, 9.17) is 0 Å². The van der Waals surface area contributed by atoms with E-state index < -0.39 is 0 Å². The van der Waals surface area contributed by atoms with E-state index in [0.29, 0.717) is 45.0 Å². The smallest absolute Gasteiger partial charge is 0.264 e. The van der Waals surface area contributed by atoms with E-state index in [0.717, 1.165) is 6.42 Å². The fourth-order valence-electron chi connectivity index (χ4n) is 3.68. The lowest BCUT2D eigenvalue weighted by Gasteiger charge is -2.30. The molecule has 0 unspecified atom stereocenters. The molecular weight excluding hydrogens is 396 g/mol. The summed E-state index contributed by atoms with van der Waals surface area (Å²) in [6.07, 6.45) is 0.966. The van der Waals surface area contributed by atoms with Gasteiger partial charge in [-0.05, 0) is 24.6 Å². The first-order valence-electron chi connectivity index (χ1n) is 9.78. The molecule has 0 spiro atoms. The van der Waals surface area contributed by atoms with Crippen LogP contribution in [0.15, 0.2) is 77.6 Å². The van der Waals surface area contributed by atoms with Crippen molar-refractivity contribution in [1.82, 2.24) is 9.47 Å². The van der Waals surface area contributed by atoms with Gasteiger partial charge in [0, 0.05) is 30.1 Å². The number of benzene rings is 2. The summed E-state index contributed by atoms with van der Waals surface area (Å²) in [6, 6.07) is 21.4. The monoisotopic (exact) mass is 414 g/mol. The predicted molar refractivity (Wildman–Crippen MR) is 118 cm³/mol. The number of nitrogens with zero attached hydrogens (tertiary/aromatic N) is 2. The molecule has 0 radical (unpaired) electrons. The molecule has 3 heterocycles. The molecule has 1 fully saturated rings. The minimum atomic E-state index is -0.205. The third kappa shape index (κ3) is 2.97. The van der Waals surface area contributed by atoms with Crippen LogP contribution in [0.3, 0.4) is 0 Å². The second-order valence-corrected chi connectivity index (χ2v) is 8.21. The number of pyridine rings is 1. The van der Waals surface area contributed by atoms with Gasteiger partial charge in [0.05, 0.1) is 11.3 Å². The Balaban J connectivity index is 1.79. The van der Waals surface area contributed by atoms with Crippen LogP contribution in [0.1, 0.15) is 32.0 Å². The highest BCUT2D eigenvalue weighted by Gasteiger charge is 2.31. The molecule has 1 aliphatic rings. The summed E-state index contributed by atoms with van der Waals surface area (Å²) in [5.41, 5.74) is 1.41. The summed E-state index contributed by atoms with van der Waals surface area (Å²) in [5, 5.41) is 0.626. The van der Waals surface area contributed by atoms with Crippen LogP contribution >= 0.6 is 11.3 Å². The van der Waals surface area contributed by atoms with Gasteiger partial charge in [0.15, 0.2) is 5.78 Å². The van der Waals surface area contributed by atoms with E-state index in [1.54, 1.807) is 39.8 Å². The van der Waals surface area contributed by atoms with Crippen LogP contribution in [0, 0.1) is 0 Å². The highest BCUT2D eigenvalue weighted by molar-refractivity contribution is 7.21. The highest BCUT2D eigenvalue weighted by Crippen LogP contribution is 2.35. The van der Waals surface area contributed by atoms with E-state index in [1.807, 2.05) is 36.4 Å². The molecule has 0 saturated carbocycles. The van der Waals surface area contributed by atoms with Gasteiger partial charge in [-0.25, -0.2) is 0 Å². The number of amides is 1. The lowest BCUT2D eigenvalue weighted by Crippen LogP contribution is -2.42. The van der Waals surface area contributed by atoms with Gasteiger partial charge < -0.3 is 4.90 Å². The summed E-state index contributed by atoms with van der Waals surface area (Å²) >= 11 is 1.22. The quantitative estimate of drug-likeness (QED) is 0.472. The molecular formula is C24H18N2O3S. The second-order valence-electron chi connectivity index (χ2n) is 7.21. The summed E-state index contributed by atoms with van der Waals surface area (Å²) in [7, 11) is 0. The molecule has 2 aromatic carbocycles. The first-order valence-corrected chi connectivity index (χ1v) is 10.6. The zero-order chi connectivity index (χ0) is 20.7. The number of hydrogen-bond acceptors (Lipinski definition) is 4. The Morgan fingerprint density at radius 1 is 0.833 bits per heavy atom. The molecule has 1 amide bonds. The van der Waals surface area contributed by atoms with Crippen molar-refractivity contribution >= 4 is 33.2 Å². The SMILES string of the molecule is O=C(c1ccccc1)c1c(C(=O)N2CCC2)sc2c1ccc(=O)n2-c1ccccc1. The van der Waals surface area contributed by atoms with Crippen molar-refractivity contribution in [2.45, 2.75) is 6.42 Å². The van der Waals surface area contributed by atoms with Crippen LogP contribution in [0.5, 0.6) is 0 Å². The molecule has 30 heavy (non-hydrogen) atoms. The number of ketones is 1. The molecule has 5 rings (SSSR count). The summed E-state index contributed by atoms with van der Waals surface area (Å²) in [4.78, 5) is 42.1. The van der Waals surface area contributed by atoms with Crippen molar-refractivity contribution in [2.75, 3.05) is 13.1 Å². The molecule has 2 aromatic heterocycles.